The summed E-state index contributed by atoms with van der Waals surface area (Å²) in [5.41, 5.74) is 1.53. The second-order valence-electron chi connectivity index (χ2n) is 7.68. The lowest BCUT2D eigenvalue weighted by molar-refractivity contribution is -0.137. The Bertz CT molecular complexity index is 1330. The number of aryl methyl sites for hydroxylation is 2. The van der Waals surface area contributed by atoms with Gasteiger partial charge in [0, 0.05) is 5.56 Å². The summed E-state index contributed by atoms with van der Waals surface area (Å²) >= 11 is 0. The van der Waals surface area contributed by atoms with Gasteiger partial charge in [0.2, 0.25) is 0 Å². The highest BCUT2D eigenvalue weighted by molar-refractivity contribution is 7.97. The van der Waals surface area contributed by atoms with E-state index in [1.54, 1.807) is 0 Å². The molecule has 0 saturated carbocycles. The van der Waals surface area contributed by atoms with Crippen LogP contribution < -0.4 is 0 Å². The lowest BCUT2D eigenvalue weighted by atomic mass is 10.2. The molecule has 0 aromatic heterocycles. The zero-order chi connectivity index (χ0) is 25.6. The Morgan fingerprint density at radius 3 is 1.71 bits per heavy atom. The van der Waals surface area contributed by atoms with Gasteiger partial charge in [0.25, 0.3) is 0 Å². The first-order chi connectivity index (χ1) is 16.5. The van der Waals surface area contributed by atoms with E-state index in [1.165, 1.54) is 25.8 Å². The van der Waals surface area contributed by atoms with Gasteiger partial charge in [0.1, 0.15) is 10.1 Å². The molecule has 4 aromatic carbocycles. The second-order valence-corrected chi connectivity index (χ2v) is 11.1. The fourth-order valence-corrected chi connectivity index (χ4v) is 6.10. The van der Waals surface area contributed by atoms with E-state index in [2.05, 4.69) is 92.7 Å². The molecule has 0 radical (unpaired) electrons. The largest absolute Gasteiger partial charge is 0.744 e. The zero-order valence-electron chi connectivity index (χ0n) is 19.0. The van der Waals surface area contributed by atoms with Crippen LogP contribution in [-0.4, -0.2) is 13.0 Å². The number of hydrogen-bond donors (Lipinski definition) is 0. The van der Waals surface area contributed by atoms with E-state index in [0.717, 1.165) is 12.1 Å². The van der Waals surface area contributed by atoms with Gasteiger partial charge in [-0.2, -0.15) is 13.2 Å². The Kier molecular flexibility index (Phi) is 8.43. The summed E-state index contributed by atoms with van der Waals surface area (Å²) in [6.45, 7) is 4.37. The molecule has 0 unspecified atom stereocenters. The first kappa shape index (κ1) is 26.5. The Morgan fingerprint density at radius 2 is 1.26 bits per heavy atom. The van der Waals surface area contributed by atoms with E-state index in [1.807, 2.05) is 0 Å². The molecular formula is C27H23F3O3S2. The average molecular weight is 517 g/mol. The van der Waals surface area contributed by atoms with Gasteiger partial charge in [0.05, 0.1) is 21.4 Å². The lowest BCUT2D eigenvalue weighted by Gasteiger charge is -2.10. The van der Waals surface area contributed by atoms with Crippen molar-refractivity contribution in [3.63, 3.8) is 0 Å². The van der Waals surface area contributed by atoms with Crippen molar-refractivity contribution in [3.05, 3.63) is 120 Å². The molecule has 0 atom stereocenters. The normalized spacial score (nSPS) is 11.6. The number of benzene rings is 4. The Balaban J connectivity index is 0.000000214. The smallest absolute Gasteiger partial charge is 0.416 e. The molecule has 3 nitrogen and oxygen atoms in total. The summed E-state index contributed by atoms with van der Waals surface area (Å²) in [7, 11) is -4.87. The van der Waals surface area contributed by atoms with Crippen LogP contribution in [0.15, 0.2) is 123 Å². The number of halogens is 3. The molecule has 0 heterocycles. The van der Waals surface area contributed by atoms with Crippen LogP contribution in [0.3, 0.4) is 0 Å². The monoisotopic (exact) mass is 516 g/mol. The first-order valence-corrected chi connectivity index (χ1v) is 13.1. The second kappa shape index (κ2) is 11.1. The minimum atomic E-state index is -4.84. The summed E-state index contributed by atoms with van der Waals surface area (Å²) in [6.07, 6.45) is -4.65. The Labute approximate surface area is 206 Å². The van der Waals surface area contributed by atoms with E-state index >= 15 is 0 Å². The third kappa shape index (κ3) is 7.21. The molecule has 0 bridgehead atoms. The predicted octanol–water partition coefficient (Wildman–Crippen LogP) is 7.01. The highest BCUT2D eigenvalue weighted by Gasteiger charge is 2.31. The molecule has 0 aliphatic carbocycles. The molecule has 0 aliphatic rings. The van der Waals surface area contributed by atoms with Crippen molar-refractivity contribution in [3.8, 4) is 0 Å². The molecule has 4 rings (SSSR count). The predicted molar refractivity (Wildman–Crippen MR) is 130 cm³/mol. The summed E-state index contributed by atoms with van der Waals surface area (Å²) in [6, 6.07) is 31.1. The Hall–Kier alpha value is -3.07. The van der Waals surface area contributed by atoms with Crippen molar-refractivity contribution in [1.29, 1.82) is 0 Å². The van der Waals surface area contributed by atoms with Crippen LogP contribution in [0.5, 0.6) is 0 Å². The molecule has 0 N–H and O–H groups in total. The van der Waals surface area contributed by atoms with E-state index in [4.69, 9.17) is 0 Å². The molecular weight excluding hydrogens is 493 g/mol. The summed E-state index contributed by atoms with van der Waals surface area (Å²) in [4.78, 5) is 3.27. The van der Waals surface area contributed by atoms with Crippen molar-refractivity contribution in [2.75, 3.05) is 0 Å². The minimum absolute atomic E-state index is 0.0345. The zero-order valence-corrected chi connectivity index (χ0v) is 20.6. The van der Waals surface area contributed by atoms with Gasteiger partial charge in [-0.05, 0) is 62.4 Å². The quantitative estimate of drug-likeness (QED) is 0.217. The molecule has 4 aromatic rings. The summed E-state index contributed by atoms with van der Waals surface area (Å²) in [5.74, 6) is 0. The van der Waals surface area contributed by atoms with Gasteiger partial charge >= 0.3 is 6.18 Å². The van der Waals surface area contributed by atoms with E-state index in [9.17, 15) is 26.1 Å². The van der Waals surface area contributed by atoms with Gasteiger partial charge in [0.15, 0.2) is 14.7 Å². The molecule has 0 aliphatic heterocycles. The van der Waals surface area contributed by atoms with Gasteiger partial charge in [-0.15, -0.1) is 0 Å². The van der Waals surface area contributed by atoms with Gasteiger partial charge in [-0.25, -0.2) is 8.42 Å². The van der Waals surface area contributed by atoms with Crippen LogP contribution >= 0.6 is 0 Å². The minimum Gasteiger partial charge on any atom is -0.744 e. The van der Waals surface area contributed by atoms with Gasteiger partial charge in [-0.3, -0.25) is 0 Å². The maximum Gasteiger partial charge on any atom is 0.416 e. The van der Waals surface area contributed by atoms with Crippen molar-refractivity contribution in [1.82, 2.24) is 0 Å². The number of rotatable bonds is 4. The molecule has 0 spiro atoms. The number of alkyl halides is 3. The van der Waals surface area contributed by atoms with Crippen LogP contribution in [0.25, 0.3) is 0 Å². The van der Waals surface area contributed by atoms with Crippen LogP contribution in [-0.2, 0) is 27.2 Å². The van der Waals surface area contributed by atoms with Crippen LogP contribution in [0.2, 0.25) is 0 Å². The van der Waals surface area contributed by atoms with Gasteiger partial charge < -0.3 is 4.55 Å². The van der Waals surface area contributed by atoms with Crippen molar-refractivity contribution >= 4 is 21.0 Å². The Morgan fingerprint density at radius 1 is 0.714 bits per heavy atom. The van der Waals surface area contributed by atoms with E-state index in [-0.39, 0.29) is 10.9 Å². The average Bonchev–Trinajstić information content (AvgIpc) is 2.82. The van der Waals surface area contributed by atoms with Crippen molar-refractivity contribution < 1.29 is 26.1 Å². The molecule has 0 fully saturated rings. The van der Waals surface area contributed by atoms with E-state index < -0.39 is 26.8 Å². The highest BCUT2D eigenvalue weighted by atomic mass is 32.2. The molecule has 182 valence electrons. The highest BCUT2D eigenvalue weighted by Crippen LogP contribution is 2.33. The van der Waals surface area contributed by atoms with Crippen molar-refractivity contribution in [2.24, 2.45) is 0 Å². The summed E-state index contributed by atoms with van der Waals surface area (Å²) < 4.78 is 67.3. The van der Waals surface area contributed by atoms with Crippen LogP contribution in [0.1, 0.15) is 16.7 Å². The molecule has 8 heteroatoms. The van der Waals surface area contributed by atoms with Crippen molar-refractivity contribution in [2.45, 2.75) is 39.6 Å². The SMILES string of the molecule is Cc1ccc([S+](c2ccccc2)c2ccccc2)c(C)c1.O=S(=O)([O-])c1cccc(C(F)(F)F)c1. The fraction of sp³-hybridized carbons (Fsp3) is 0.111. The third-order valence-electron chi connectivity index (χ3n) is 4.96. The molecule has 0 saturated heterocycles. The lowest BCUT2D eigenvalue weighted by Crippen LogP contribution is -2.07. The van der Waals surface area contributed by atoms with Crippen LogP contribution in [0.4, 0.5) is 13.2 Å². The molecule has 0 amide bonds. The first-order valence-electron chi connectivity index (χ1n) is 10.5. The van der Waals surface area contributed by atoms with Crippen LogP contribution in [0, 0.1) is 13.8 Å². The fourth-order valence-electron chi connectivity index (χ4n) is 3.36. The standard InChI is InChI=1S/C20H19S.C7H5F3O3S/c1-16-13-14-20(17(2)15-16)21(18-9-5-3-6-10-18)19-11-7-4-8-12-19;8-7(9,10)5-2-1-3-6(4-5)14(11,12)13/h3-15H,1-2H3;1-4H,(H,11,12,13)/q+1;/p-1. The summed E-state index contributed by atoms with van der Waals surface area (Å²) in [5, 5.41) is 0. The number of hydrogen-bond acceptors (Lipinski definition) is 3. The maximum atomic E-state index is 12.1. The van der Waals surface area contributed by atoms with E-state index in [0.29, 0.717) is 12.1 Å². The maximum absolute atomic E-state index is 12.1. The third-order valence-corrected chi connectivity index (χ3v) is 8.17. The van der Waals surface area contributed by atoms with Gasteiger partial charge in [-0.1, -0.05) is 60.2 Å². The molecule has 35 heavy (non-hydrogen) atoms. The topological polar surface area (TPSA) is 57.2 Å².